The molecule has 2 aromatic heterocycles. The van der Waals surface area contributed by atoms with E-state index in [0.29, 0.717) is 25.6 Å². The molecule has 0 spiro atoms. The van der Waals surface area contributed by atoms with Crippen LogP contribution >= 0.6 is 11.6 Å². The molecular formula is C28H19ClFN3O8. The maximum atomic E-state index is 14.4. The Balaban J connectivity index is 1.38. The molecule has 1 saturated heterocycles. The average Bonchev–Trinajstić information content (AvgIpc) is 3.52. The zero-order valence-electron chi connectivity index (χ0n) is 21.0. The first-order valence-corrected chi connectivity index (χ1v) is 12.6. The number of halogens is 2. The van der Waals surface area contributed by atoms with Gasteiger partial charge in [0.1, 0.15) is 11.3 Å². The van der Waals surface area contributed by atoms with Gasteiger partial charge in [0, 0.05) is 18.2 Å². The first kappa shape index (κ1) is 27.6. The highest BCUT2D eigenvalue weighted by Crippen LogP contribution is 2.28. The average molecular weight is 580 g/mol. The Morgan fingerprint density at radius 3 is 2.39 bits per heavy atom. The van der Waals surface area contributed by atoms with Crippen molar-refractivity contribution in [3.63, 3.8) is 0 Å². The number of rotatable bonds is 6. The minimum absolute atomic E-state index is 0.0777. The molecule has 1 unspecified atom stereocenters. The van der Waals surface area contributed by atoms with E-state index in [9.17, 15) is 28.4 Å². The lowest BCUT2D eigenvalue weighted by atomic mass is 10.1. The second kappa shape index (κ2) is 11.7. The van der Waals surface area contributed by atoms with Crippen molar-refractivity contribution in [2.75, 3.05) is 6.61 Å². The highest BCUT2D eigenvalue weighted by atomic mass is 35.5. The first-order chi connectivity index (χ1) is 19.7. The molecule has 0 amide bonds. The summed E-state index contributed by atoms with van der Waals surface area (Å²) in [6.45, 7) is 0.342. The van der Waals surface area contributed by atoms with E-state index in [1.165, 1.54) is 18.2 Å². The third-order valence-corrected chi connectivity index (χ3v) is 6.32. The second-order valence-electron chi connectivity index (χ2n) is 8.76. The van der Waals surface area contributed by atoms with Gasteiger partial charge in [-0.1, -0.05) is 35.9 Å². The molecule has 4 aromatic rings. The van der Waals surface area contributed by atoms with Crippen LogP contribution < -0.4 is 20.7 Å². The van der Waals surface area contributed by atoms with Gasteiger partial charge in [0.2, 0.25) is 11.7 Å². The topological polar surface area (TPSA) is 136 Å². The molecule has 208 valence electrons. The fraction of sp³-hybridized carbons (Fsp3) is 0.143. The molecule has 1 aliphatic heterocycles. The van der Waals surface area contributed by atoms with E-state index in [2.05, 4.69) is 4.98 Å². The third-order valence-electron chi connectivity index (χ3n) is 6.04. The zero-order valence-corrected chi connectivity index (χ0v) is 21.7. The summed E-state index contributed by atoms with van der Waals surface area (Å²) in [6, 6.07) is 14.2. The molecule has 0 bridgehead atoms. The fourth-order valence-corrected chi connectivity index (χ4v) is 4.18. The van der Waals surface area contributed by atoms with Crippen LogP contribution in [0.3, 0.4) is 0 Å². The van der Waals surface area contributed by atoms with Crippen molar-refractivity contribution in [3.8, 4) is 11.6 Å². The summed E-state index contributed by atoms with van der Waals surface area (Å²) >= 11 is 6.11. The minimum atomic E-state index is -1.44. The molecule has 0 radical (unpaired) electrons. The smallest absolute Gasteiger partial charge is 0.344 e. The molecule has 3 heterocycles. The third kappa shape index (κ3) is 5.83. The van der Waals surface area contributed by atoms with Gasteiger partial charge in [-0.3, -0.25) is 14.2 Å². The van der Waals surface area contributed by atoms with Crippen molar-refractivity contribution in [2.24, 2.45) is 0 Å². The van der Waals surface area contributed by atoms with E-state index in [-0.39, 0.29) is 37.9 Å². The van der Waals surface area contributed by atoms with Crippen LogP contribution in [0.5, 0.6) is 11.6 Å². The monoisotopic (exact) mass is 579 g/mol. The number of benzene rings is 2. The predicted octanol–water partition coefficient (Wildman–Crippen LogP) is 3.63. The maximum Gasteiger partial charge on any atom is 0.344 e. The largest absolute Gasteiger partial charge is 0.421 e. The van der Waals surface area contributed by atoms with Gasteiger partial charge in [-0.05, 0) is 43.2 Å². The van der Waals surface area contributed by atoms with E-state index < -0.39 is 41.1 Å². The molecule has 0 N–H and O–H groups in total. The van der Waals surface area contributed by atoms with E-state index in [4.69, 9.17) is 25.8 Å². The second-order valence-corrected chi connectivity index (χ2v) is 9.17. The molecule has 2 aromatic carbocycles. The lowest BCUT2D eigenvalue weighted by molar-refractivity contribution is 0.0501. The van der Waals surface area contributed by atoms with Crippen LogP contribution in [0, 0.1) is 5.82 Å². The molecule has 1 atom stereocenters. The molecule has 5 rings (SSSR count). The summed E-state index contributed by atoms with van der Waals surface area (Å²) < 4.78 is 31.4. The van der Waals surface area contributed by atoms with Crippen molar-refractivity contribution in [2.45, 2.75) is 19.1 Å². The van der Waals surface area contributed by atoms with Gasteiger partial charge >= 0.3 is 17.6 Å². The Kier molecular flexibility index (Phi) is 7.86. The number of carbonyl (C=O) groups is 3. The molecule has 0 aliphatic carbocycles. The molecule has 1 fully saturated rings. The summed E-state index contributed by atoms with van der Waals surface area (Å²) in [5.41, 5.74) is -2.67. The number of carbonyl (C=O) groups excluding carboxylic acids is 3. The Labute approximate surface area is 235 Å². The maximum absolute atomic E-state index is 14.4. The first-order valence-electron chi connectivity index (χ1n) is 12.2. The lowest BCUT2D eigenvalue weighted by Gasteiger charge is -2.15. The van der Waals surface area contributed by atoms with Crippen LogP contribution in [0.2, 0.25) is 5.02 Å². The zero-order chi connectivity index (χ0) is 29.1. The van der Waals surface area contributed by atoms with E-state index in [1.54, 1.807) is 30.3 Å². The Bertz CT molecular complexity index is 1780. The van der Waals surface area contributed by atoms with Crippen LogP contribution in [-0.2, 0) is 4.74 Å². The van der Waals surface area contributed by atoms with E-state index in [1.807, 2.05) is 0 Å². The summed E-state index contributed by atoms with van der Waals surface area (Å²) in [7, 11) is 0. The minimum Gasteiger partial charge on any atom is -0.421 e. The highest BCUT2D eigenvalue weighted by Gasteiger charge is 2.26. The number of aromatic nitrogens is 3. The number of hydrogen-bond donors (Lipinski definition) is 0. The van der Waals surface area contributed by atoms with Gasteiger partial charge in [-0.15, -0.1) is 0 Å². The van der Waals surface area contributed by atoms with Crippen molar-refractivity contribution in [1.29, 1.82) is 0 Å². The van der Waals surface area contributed by atoms with Crippen LogP contribution in [0.1, 0.15) is 50.1 Å². The van der Waals surface area contributed by atoms with Crippen molar-refractivity contribution in [1.82, 2.24) is 14.1 Å². The predicted molar refractivity (Wildman–Crippen MR) is 141 cm³/mol. The van der Waals surface area contributed by atoms with E-state index in [0.717, 1.165) is 22.9 Å². The summed E-state index contributed by atoms with van der Waals surface area (Å²) in [6.07, 6.45) is 2.03. The van der Waals surface area contributed by atoms with Crippen LogP contribution in [0.4, 0.5) is 4.39 Å². The normalized spacial score (nSPS) is 14.4. The summed E-state index contributed by atoms with van der Waals surface area (Å²) in [4.78, 5) is 67.7. The van der Waals surface area contributed by atoms with Gasteiger partial charge < -0.3 is 14.2 Å². The number of nitrogens with zero attached hydrogens (tertiary/aromatic N) is 3. The molecule has 13 heteroatoms. The van der Waals surface area contributed by atoms with Crippen LogP contribution in [0.25, 0.3) is 0 Å². The standard InChI is InChI=1S/C28H19ClFN3O8/c29-19-14-31-22(41-26(36)16-6-2-1-3-7-16)13-21(19)40-27(37)18-9-4-8-17(12-18)24(34)33-25(35)20(30)15-32(28(33)38)23-10-5-11-39-23/h1-4,6-9,12-15,23H,5,10-11H2. The molecule has 0 saturated carbocycles. The van der Waals surface area contributed by atoms with E-state index >= 15 is 0 Å². The van der Waals surface area contributed by atoms with Crippen molar-refractivity contribution < 1.29 is 33.0 Å². The number of ether oxygens (including phenoxy) is 3. The Morgan fingerprint density at radius 1 is 0.951 bits per heavy atom. The Hall–Kier alpha value is -4.94. The van der Waals surface area contributed by atoms with Gasteiger partial charge in [0.15, 0.2) is 5.75 Å². The van der Waals surface area contributed by atoms with Gasteiger partial charge in [0.25, 0.3) is 11.5 Å². The lowest BCUT2D eigenvalue weighted by Crippen LogP contribution is -2.46. The number of hydrogen-bond acceptors (Lipinski definition) is 9. The van der Waals surface area contributed by atoms with Crippen LogP contribution in [0.15, 0.2) is 82.6 Å². The van der Waals surface area contributed by atoms with Crippen LogP contribution in [-0.4, -0.2) is 38.6 Å². The van der Waals surface area contributed by atoms with Crippen molar-refractivity contribution in [3.05, 3.63) is 121 Å². The van der Waals surface area contributed by atoms with Gasteiger partial charge in [0.05, 0.1) is 23.5 Å². The number of esters is 2. The Morgan fingerprint density at radius 2 is 1.66 bits per heavy atom. The quantitative estimate of drug-likeness (QED) is 0.314. The molecule has 11 nitrogen and oxygen atoms in total. The highest BCUT2D eigenvalue weighted by molar-refractivity contribution is 6.32. The van der Waals surface area contributed by atoms with Gasteiger partial charge in [-0.25, -0.2) is 19.4 Å². The van der Waals surface area contributed by atoms with Crippen molar-refractivity contribution >= 4 is 29.4 Å². The molecule has 1 aliphatic rings. The number of pyridine rings is 1. The van der Waals surface area contributed by atoms with Gasteiger partial charge in [-0.2, -0.15) is 8.96 Å². The summed E-state index contributed by atoms with van der Waals surface area (Å²) in [5.74, 6) is -4.53. The summed E-state index contributed by atoms with van der Waals surface area (Å²) in [5, 5.41) is -0.0777. The SMILES string of the molecule is O=C(Oc1cc(OC(=O)c2cccc(C(=O)n3c(=O)c(F)cn(C4CCCO4)c3=O)c2)c(Cl)cn1)c1ccccc1. The molecule has 41 heavy (non-hydrogen) atoms. The molecular weight excluding hydrogens is 561 g/mol. The fourth-order valence-electron chi connectivity index (χ4n) is 4.04.